The maximum atomic E-state index is 4.04. The smallest absolute Gasteiger partial charge is 0.0143 e. The molecule has 2 heteroatoms. The Morgan fingerprint density at radius 2 is 1.83 bits per heavy atom. The van der Waals surface area contributed by atoms with E-state index in [4.69, 9.17) is 0 Å². The fraction of sp³-hybridized carbons (Fsp3) is 0.600. The minimum Gasteiger partial charge on any atom is -0.161 e. The molecular formula is C10H18S2. The third kappa shape index (κ3) is 5.78. The van der Waals surface area contributed by atoms with Gasteiger partial charge in [0.1, 0.15) is 0 Å². The summed E-state index contributed by atoms with van der Waals surface area (Å²) in [6, 6.07) is 0. The summed E-state index contributed by atoms with van der Waals surface area (Å²) in [6.07, 6.45) is 7.55. The van der Waals surface area contributed by atoms with Crippen LogP contribution in [0, 0.1) is 0 Å². The standard InChI is InChI=1S/C10H18S2/c1-5-10(8-12-4)6-9(2)7-11-3/h5H,2,6-8H2,1,3-4H3/b10-5+. The summed E-state index contributed by atoms with van der Waals surface area (Å²) in [5.74, 6) is 2.23. The van der Waals surface area contributed by atoms with Gasteiger partial charge in [-0.2, -0.15) is 23.5 Å². The van der Waals surface area contributed by atoms with Crippen LogP contribution in [0.5, 0.6) is 0 Å². The van der Waals surface area contributed by atoms with Crippen molar-refractivity contribution in [2.24, 2.45) is 0 Å². The van der Waals surface area contributed by atoms with Gasteiger partial charge in [0, 0.05) is 11.5 Å². The Labute approximate surface area is 84.9 Å². The van der Waals surface area contributed by atoms with Gasteiger partial charge in [-0.05, 0) is 25.9 Å². The molecule has 0 unspecified atom stereocenters. The molecular weight excluding hydrogens is 184 g/mol. The Bertz CT molecular complexity index is 159. The minimum atomic E-state index is 1.08. The Morgan fingerprint density at radius 3 is 2.25 bits per heavy atom. The van der Waals surface area contributed by atoms with Crippen molar-refractivity contribution < 1.29 is 0 Å². The van der Waals surface area contributed by atoms with E-state index >= 15 is 0 Å². The highest BCUT2D eigenvalue weighted by Gasteiger charge is 1.98. The first-order valence-electron chi connectivity index (χ1n) is 4.03. The van der Waals surface area contributed by atoms with Crippen LogP contribution < -0.4 is 0 Å². The second-order valence-electron chi connectivity index (χ2n) is 2.74. The monoisotopic (exact) mass is 202 g/mol. The van der Waals surface area contributed by atoms with E-state index in [1.807, 2.05) is 23.5 Å². The molecule has 0 N–H and O–H groups in total. The third-order valence-electron chi connectivity index (χ3n) is 1.56. The lowest BCUT2D eigenvalue weighted by Gasteiger charge is -2.06. The van der Waals surface area contributed by atoms with E-state index in [-0.39, 0.29) is 0 Å². The predicted octanol–water partition coefficient (Wildman–Crippen LogP) is 3.61. The zero-order valence-corrected chi connectivity index (χ0v) is 9.86. The van der Waals surface area contributed by atoms with Gasteiger partial charge < -0.3 is 0 Å². The van der Waals surface area contributed by atoms with Crippen molar-refractivity contribution in [2.75, 3.05) is 24.0 Å². The lowest BCUT2D eigenvalue weighted by molar-refractivity contribution is 1.12. The maximum Gasteiger partial charge on any atom is 0.0143 e. The maximum absolute atomic E-state index is 4.04. The fourth-order valence-electron chi connectivity index (χ4n) is 0.998. The first-order valence-corrected chi connectivity index (χ1v) is 6.82. The van der Waals surface area contributed by atoms with E-state index in [1.54, 1.807) is 0 Å². The van der Waals surface area contributed by atoms with E-state index in [0.29, 0.717) is 0 Å². The quantitative estimate of drug-likeness (QED) is 0.604. The largest absolute Gasteiger partial charge is 0.161 e. The molecule has 0 nitrogen and oxygen atoms in total. The van der Waals surface area contributed by atoms with Gasteiger partial charge in [-0.3, -0.25) is 0 Å². The van der Waals surface area contributed by atoms with E-state index < -0.39 is 0 Å². The molecule has 0 amide bonds. The molecule has 0 radical (unpaired) electrons. The lowest BCUT2D eigenvalue weighted by Crippen LogP contribution is -1.92. The number of allylic oxidation sites excluding steroid dienone is 1. The fourth-order valence-corrected chi connectivity index (χ4v) is 2.15. The minimum absolute atomic E-state index is 1.08. The average Bonchev–Trinajstić information content (AvgIpc) is 2.04. The van der Waals surface area contributed by atoms with Crippen molar-refractivity contribution >= 4 is 23.5 Å². The molecule has 70 valence electrons. The Hall–Kier alpha value is 0.180. The molecule has 0 aliphatic rings. The summed E-state index contributed by atoms with van der Waals surface area (Å²) < 4.78 is 0. The Balaban J connectivity index is 3.78. The van der Waals surface area contributed by atoms with Crippen LogP contribution in [0.4, 0.5) is 0 Å². The summed E-state index contributed by atoms with van der Waals surface area (Å²) in [5, 5.41) is 0. The summed E-state index contributed by atoms with van der Waals surface area (Å²) in [6.45, 7) is 6.15. The van der Waals surface area contributed by atoms with Crippen LogP contribution in [0.25, 0.3) is 0 Å². The van der Waals surface area contributed by atoms with Crippen LogP contribution >= 0.6 is 23.5 Å². The SMILES string of the molecule is C=C(CSC)C/C(=C\C)CSC. The number of hydrogen-bond donors (Lipinski definition) is 0. The zero-order valence-electron chi connectivity index (χ0n) is 8.22. The molecule has 0 aliphatic heterocycles. The summed E-state index contributed by atoms with van der Waals surface area (Å²) in [7, 11) is 0. The Morgan fingerprint density at radius 1 is 1.25 bits per heavy atom. The highest BCUT2D eigenvalue weighted by atomic mass is 32.2. The van der Waals surface area contributed by atoms with Gasteiger partial charge in [-0.1, -0.05) is 23.8 Å². The van der Waals surface area contributed by atoms with Crippen molar-refractivity contribution in [3.8, 4) is 0 Å². The van der Waals surface area contributed by atoms with E-state index in [1.165, 1.54) is 11.1 Å². The zero-order chi connectivity index (χ0) is 9.40. The van der Waals surface area contributed by atoms with Crippen molar-refractivity contribution in [3.63, 3.8) is 0 Å². The van der Waals surface area contributed by atoms with E-state index in [9.17, 15) is 0 Å². The molecule has 0 fully saturated rings. The van der Waals surface area contributed by atoms with Gasteiger partial charge in [0.25, 0.3) is 0 Å². The second kappa shape index (κ2) is 7.81. The summed E-state index contributed by atoms with van der Waals surface area (Å²) in [4.78, 5) is 0. The topological polar surface area (TPSA) is 0 Å². The molecule has 0 rings (SSSR count). The van der Waals surface area contributed by atoms with Crippen LogP contribution in [0.3, 0.4) is 0 Å². The summed E-state index contributed by atoms with van der Waals surface area (Å²) in [5.41, 5.74) is 2.84. The molecule has 0 aliphatic carbocycles. The molecule has 12 heavy (non-hydrogen) atoms. The van der Waals surface area contributed by atoms with E-state index in [0.717, 1.165) is 17.9 Å². The van der Waals surface area contributed by atoms with E-state index in [2.05, 4.69) is 32.1 Å². The van der Waals surface area contributed by atoms with Crippen LogP contribution in [0.2, 0.25) is 0 Å². The molecule has 0 aromatic heterocycles. The summed E-state index contributed by atoms with van der Waals surface area (Å²) >= 11 is 3.72. The molecule has 0 spiro atoms. The second-order valence-corrected chi connectivity index (χ2v) is 4.47. The molecule has 0 saturated heterocycles. The highest BCUT2D eigenvalue weighted by Crippen LogP contribution is 2.16. The first kappa shape index (κ1) is 12.2. The first-order chi connectivity index (χ1) is 5.74. The molecule has 0 heterocycles. The van der Waals surface area contributed by atoms with Gasteiger partial charge in [0.15, 0.2) is 0 Å². The molecule has 0 bridgehead atoms. The predicted molar refractivity (Wildman–Crippen MR) is 64.3 cm³/mol. The number of rotatable bonds is 6. The van der Waals surface area contributed by atoms with Crippen molar-refractivity contribution in [2.45, 2.75) is 13.3 Å². The number of hydrogen-bond acceptors (Lipinski definition) is 2. The molecule has 0 aromatic carbocycles. The third-order valence-corrected chi connectivity index (χ3v) is 2.92. The number of thioether (sulfide) groups is 2. The van der Waals surface area contributed by atoms with Crippen molar-refractivity contribution in [1.29, 1.82) is 0 Å². The normalized spacial score (nSPS) is 11.8. The van der Waals surface area contributed by atoms with Gasteiger partial charge in [0.05, 0.1) is 0 Å². The van der Waals surface area contributed by atoms with Crippen molar-refractivity contribution in [3.05, 3.63) is 23.8 Å². The molecule has 0 saturated carbocycles. The molecule has 0 atom stereocenters. The van der Waals surface area contributed by atoms with Crippen LogP contribution in [-0.2, 0) is 0 Å². The Kier molecular flexibility index (Phi) is 7.93. The van der Waals surface area contributed by atoms with Gasteiger partial charge >= 0.3 is 0 Å². The van der Waals surface area contributed by atoms with Crippen LogP contribution in [0.1, 0.15) is 13.3 Å². The van der Waals surface area contributed by atoms with Crippen LogP contribution in [0.15, 0.2) is 23.8 Å². The average molecular weight is 202 g/mol. The molecule has 0 aromatic rings. The van der Waals surface area contributed by atoms with Crippen LogP contribution in [-0.4, -0.2) is 24.0 Å². The van der Waals surface area contributed by atoms with Gasteiger partial charge in [-0.25, -0.2) is 0 Å². The van der Waals surface area contributed by atoms with Crippen molar-refractivity contribution in [1.82, 2.24) is 0 Å². The lowest BCUT2D eigenvalue weighted by atomic mass is 10.1. The van der Waals surface area contributed by atoms with Gasteiger partial charge in [-0.15, -0.1) is 0 Å². The highest BCUT2D eigenvalue weighted by molar-refractivity contribution is 7.99. The van der Waals surface area contributed by atoms with Gasteiger partial charge in [0.2, 0.25) is 0 Å².